The average molecular weight is 350 g/mol. The summed E-state index contributed by atoms with van der Waals surface area (Å²) in [4.78, 5) is 40.4. The quantitative estimate of drug-likeness (QED) is 0.233. The van der Waals surface area contributed by atoms with E-state index < -0.39 is 24.5 Å². The predicted octanol–water partition coefficient (Wildman–Crippen LogP) is 1.24. The number of imide groups is 1. The van der Waals surface area contributed by atoms with Crippen molar-refractivity contribution in [2.45, 2.75) is 19.3 Å². The zero-order valence-corrected chi connectivity index (χ0v) is 13.6. The second-order valence-corrected chi connectivity index (χ2v) is 5.41. The molecule has 1 heterocycles. The van der Waals surface area contributed by atoms with Crippen LogP contribution >= 0.6 is 0 Å². The molecule has 134 valence electrons. The van der Waals surface area contributed by atoms with Crippen LogP contribution in [0.4, 0.5) is 0 Å². The van der Waals surface area contributed by atoms with Gasteiger partial charge in [0.1, 0.15) is 0 Å². The number of carboxylic acid groups (broad SMARTS) is 1. The van der Waals surface area contributed by atoms with E-state index in [2.05, 4.69) is 5.28 Å². The lowest BCUT2D eigenvalue weighted by atomic mass is 10.1. The van der Waals surface area contributed by atoms with Crippen molar-refractivity contribution < 1.29 is 29.3 Å². The molecule has 10 nitrogen and oxygen atoms in total. The average Bonchev–Trinajstić information content (AvgIpc) is 2.83. The number of rotatable bonds is 9. The Labute approximate surface area is 143 Å². The molecule has 10 heteroatoms. The zero-order chi connectivity index (χ0) is 18.4. The van der Waals surface area contributed by atoms with Gasteiger partial charge in [-0.1, -0.05) is 12.1 Å². The van der Waals surface area contributed by atoms with Gasteiger partial charge in [0.15, 0.2) is 0 Å². The van der Waals surface area contributed by atoms with E-state index in [1.165, 1.54) is 24.2 Å². The van der Waals surface area contributed by atoms with E-state index in [1.807, 2.05) is 0 Å². The monoisotopic (exact) mass is 350 g/mol. The fraction of sp³-hybridized carbons (Fsp3) is 0.400. The molecular formula is C15H18N4O6. The van der Waals surface area contributed by atoms with E-state index in [-0.39, 0.29) is 29.1 Å². The van der Waals surface area contributed by atoms with Crippen LogP contribution < -0.4 is 0 Å². The molecule has 0 aliphatic carbocycles. The van der Waals surface area contributed by atoms with Crippen molar-refractivity contribution in [2.24, 2.45) is 5.28 Å². The lowest BCUT2D eigenvalue weighted by molar-refractivity contribution is -0.705. The van der Waals surface area contributed by atoms with Crippen LogP contribution in [0.1, 0.15) is 40.0 Å². The van der Waals surface area contributed by atoms with Gasteiger partial charge in [0.25, 0.3) is 11.8 Å². The summed E-state index contributed by atoms with van der Waals surface area (Å²) in [6.45, 7) is -0.186. The van der Waals surface area contributed by atoms with Crippen LogP contribution in [0.2, 0.25) is 0 Å². The highest BCUT2D eigenvalue weighted by Gasteiger charge is 2.35. The number of carbonyl (C=O) groups excluding carboxylic acids is 2. The maximum absolute atomic E-state index is 12.1. The molecule has 0 saturated carbocycles. The van der Waals surface area contributed by atoms with Crippen molar-refractivity contribution in [2.75, 3.05) is 20.3 Å². The highest BCUT2D eigenvalue weighted by molar-refractivity contribution is 6.21. The number of carbonyl (C=O) groups is 3. The Morgan fingerprint density at radius 3 is 2.44 bits per heavy atom. The summed E-state index contributed by atoms with van der Waals surface area (Å²) in [5, 5.41) is 24.7. The zero-order valence-electron chi connectivity index (χ0n) is 13.6. The first kappa shape index (κ1) is 18.2. The lowest BCUT2D eigenvalue weighted by Gasteiger charge is -2.14. The highest BCUT2D eigenvalue weighted by Crippen LogP contribution is 2.22. The molecular weight excluding hydrogens is 332 g/mol. The van der Waals surface area contributed by atoms with E-state index in [4.69, 9.17) is 9.94 Å². The van der Waals surface area contributed by atoms with Crippen molar-refractivity contribution >= 4 is 17.8 Å². The van der Waals surface area contributed by atoms with Gasteiger partial charge in [-0.15, -0.1) is 5.01 Å². The molecule has 0 saturated heterocycles. The number of benzene rings is 1. The Hall–Kier alpha value is -3.17. The summed E-state index contributed by atoms with van der Waals surface area (Å²) in [7, 11) is 1.46. The molecule has 1 aliphatic rings. The Bertz CT molecular complexity index is 670. The Kier molecular flexibility index (Phi) is 5.88. The smallest absolute Gasteiger partial charge is 0.303 e. The predicted molar refractivity (Wildman–Crippen MR) is 83.1 cm³/mol. The van der Waals surface area contributed by atoms with E-state index in [0.29, 0.717) is 12.8 Å². The fourth-order valence-corrected chi connectivity index (χ4v) is 2.25. The van der Waals surface area contributed by atoms with Crippen LogP contribution in [-0.2, 0) is 9.63 Å². The van der Waals surface area contributed by atoms with E-state index in [0.717, 1.165) is 4.90 Å². The first-order valence-electron chi connectivity index (χ1n) is 7.60. The van der Waals surface area contributed by atoms with Gasteiger partial charge in [0.05, 0.1) is 29.7 Å². The number of unbranched alkanes of at least 4 members (excludes halogenated alkanes) is 1. The van der Waals surface area contributed by atoms with Crippen molar-refractivity contribution in [3.8, 4) is 0 Å². The van der Waals surface area contributed by atoms with Gasteiger partial charge in [0, 0.05) is 6.42 Å². The largest absolute Gasteiger partial charge is 0.569 e. The lowest BCUT2D eigenvalue weighted by Crippen LogP contribution is -2.32. The number of hydrogen-bond donors (Lipinski definition) is 1. The van der Waals surface area contributed by atoms with Crippen LogP contribution in [0.15, 0.2) is 29.5 Å². The molecule has 2 amide bonds. The van der Waals surface area contributed by atoms with Crippen molar-refractivity contribution in [1.82, 2.24) is 9.91 Å². The second-order valence-electron chi connectivity index (χ2n) is 5.41. The van der Waals surface area contributed by atoms with Gasteiger partial charge in [-0.2, -0.15) is 0 Å². The van der Waals surface area contributed by atoms with Gasteiger partial charge in [-0.25, -0.2) is 4.90 Å². The van der Waals surface area contributed by atoms with E-state index in [9.17, 15) is 19.6 Å². The summed E-state index contributed by atoms with van der Waals surface area (Å²) in [6.07, 6.45) is 0.957. The van der Waals surface area contributed by atoms with Gasteiger partial charge < -0.3 is 15.2 Å². The van der Waals surface area contributed by atoms with E-state index in [1.54, 1.807) is 12.1 Å². The van der Waals surface area contributed by atoms with Gasteiger partial charge in [-0.3, -0.25) is 14.4 Å². The fourth-order valence-electron chi connectivity index (χ4n) is 2.25. The summed E-state index contributed by atoms with van der Waals surface area (Å²) >= 11 is 0. The number of carboxylic acids is 1. The molecule has 1 aromatic carbocycles. The molecule has 1 aromatic rings. The molecule has 0 atom stereocenters. The highest BCUT2D eigenvalue weighted by atomic mass is 16.7. The number of hydrogen-bond acceptors (Lipinski definition) is 6. The number of hydrazine groups is 1. The minimum absolute atomic E-state index is 0.0279. The first-order valence-corrected chi connectivity index (χ1v) is 7.60. The van der Waals surface area contributed by atoms with Gasteiger partial charge in [-0.05, 0) is 25.0 Å². The first-order chi connectivity index (χ1) is 11.9. The molecule has 1 aliphatic heterocycles. The minimum atomic E-state index is -0.893. The Morgan fingerprint density at radius 2 is 1.88 bits per heavy atom. The van der Waals surface area contributed by atoms with Crippen LogP contribution in [0.5, 0.6) is 0 Å². The molecule has 25 heavy (non-hydrogen) atoms. The number of fused-ring (bicyclic) bond motifs is 1. The molecule has 2 rings (SSSR count). The molecule has 0 spiro atoms. The molecule has 0 unspecified atom stereocenters. The number of amides is 2. The Morgan fingerprint density at radius 1 is 1.28 bits per heavy atom. The van der Waals surface area contributed by atoms with E-state index >= 15 is 0 Å². The molecule has 0 aromatic heterocycles. The van der Waals surface area contributed by atoms with Crippen LogP contribution in [0.3, 0.4) is 0 Å². The van der Waals surface area contributed by atoms with Gasteiger partial charge in [0.2, 0.25) is 12.0 Å². The van der Waals surface area contributed by atoms with Crippen LogP contribution in [0.25, 0.3) is 0 Å². The van der Waals surface area contributed by atoms with Crippen LogP contribution in [-0.4, -0.2) is 58.1 Å². The molecule has 1 N–H and O–H groups in total. The third-order valence-electron chi connectivity index (χ3n) is 3.61. The van der Waals surface area contributed by atoms with Crippen molar-refractivity contribution in [3.05, 3.63) is 40.6 Å². The maximum atomic E-state index is 12.1. The maximum Gasteiger partial charge on any atom is 0.303 e. The topological polar surface area (TPSA) is 126 Å². The summed E-state index contributed by atoms with van der Waals surface area (Å²) < 4.78 is 0. The third-order valence-corrected chi connectivity index (χ3v) is 3.61. The summed E-state index contributed by atoms with van der Waals surface area (Å²) in [6, 6.07) is 6.38. The number of nitrogens with zero attached hydrogens (tertiary/aromatic N) is 4. The standard InChI is InChI=1S/C15H18N4O6/c1-17(9-5-4-8-13(20)21)19(24)16-25-10-18-14(22)11-6-2-3-7-12(11)15(18)23/h2-3,6-7H,4-5,8-10H2,1H3,(H,20,21)/b19-16-. The normalized spacial score (nSPS) is 13.8. The molecule has 0 bridgehead atoms. The summed E-state index contributed by atoms with van der Waals surface area (Å²) in [5.41, 5.74) is 0.566. The summed E-state index contributed by atoms with van der Waals surface area (Å²) in [5.74, 6) is -1.90. The third kappa shape index (κ3) is 4.43. The minimum Gasteiger partial charge on any atom is -0.569 e. The van der Waals surface area contributed by atoms with Crippen LogP contribution in [0, 0.1) is 5.21 Å². The molecule has 0 radical (unpaired) electrons. The van der Waals surface area contributed by atoms with Gasteiger partial charge >= 0.3 is 5.97 Å². The SMILES string of the molecule is CN(CCCCC(=O)O)/[N+]([O-])=N/OCN1C(=O)c2ccccc2C1=O. The second kappa shape index (κ2) is 8.08. The Balaban J connectivity index is 1.81. The number of aliphatic carboxylic acids is 1. The van der Waals surface area contributed by atoms with Crippen molar-refractivity contribution in [3.63, 3.8) is 0 Å². The van der Waals surface area contributed by atoms with Crippen molar-refractivity contribution in [1.29, 1.82) is 0 Å². The molecule has 0 fully saturated rings.